The SMILES string of the molecule is CCCCCc1cc(C)cc(O)c1. The fourth-order valence-corrected chi connectivity index (χ4v) is 1.56. The highest BCUT2D eigenvalue weighted by atomic mass is 16.3. The van der Waals surface area contributed by atoms with E-state index in [1.807, 2.05) is 13.0 Å². The molecule has 0 spiro atoms. The first kappa shape index (κ1) is 10.1. The lowest BCUT2D eigenvalue weighted by molar-refractivity contribution is 0.474. The Bertz CT molecular complexity index is 246. The molecule has 0 amide bonds. The summed E-state index contributed by atoms with van der Waals surface area (Å²) in [6.45, 7) is 4.22. The minimum atomic E-state index is 0.395. The van der Waals surface area contributed by atoms with Crippen molar-refractivity contribution in [3.63, 3.8) is 0 Å². The molecule has 0 aliphatic heterocycles. The zero-order valence-electron chi connectivity index (χ0n) is 8.51. The van der Waals surface area contributed by atoms with Crippen molar-refractivity contribution < 1.29 is 5.11 Å². The van der Waals surface area contributed by atoms with Crippen LogP contribution in [0, 0.1) is 6.92 Å². The van der Waals surface area contributed by atoms with Gasteiger partial charge in [0.15, 0.2) is 0 Å². The van der Waals surface area contributed by atoms with E-state index in [9.17, 15) is 5.11 Å². The Morgan fingerprint density at radius 3 is 2.54 bits per heavy atom. The summed E-state index contributed by atoms with van der Waals surface area (Å²) in [5, 5.41) is 9.35. The molecule has 1 aromatic carbocycles. The summed E-state index contributed by atoms with van der Waals surface area (Å²) >= 11 is 0. The summed E-state index contributed by atoms with van der Waals surface area (Å²) in [5.74, 6) is 0.395. The van der Waals surface area contributed by atoms with E-state index >= 15 is 0 Å². The van der Waals surface area contributed by atoms with Gasteiger partial charge in [-0.3, -0.25) is 0 Å². The van der Waals surface area contributed by atoms with Crippen molar-refractivity contribution >= 4 is 0 Å². The smallest absolute Gasteiger partial charge is 0.116 e. The van der Waals surface area contributed by atoms with Crippen molar-refractivity contribution in [3.05, 3.63) is 29.3 Å². The molecule has 0 saturated heterocycles. The number of hydrogen-bond acceptors (Lipinski definition) is 1. The van der Waals surface area contributed by atoms with Gasteiger partial charge in [0.2, 0.25) is 0 Å². The van der Waals surface area contributed by atoms with Crippen molar-refractivity contribution in [2.24, 2.45) is 0 Å². The lowest BCUT2D eigenvalue weighted by atomic mass is 10.0. The van der Waals surface area contributed by atoms with Crippen LogP contribution >= 0.6 is 0 Å². The van der Waals surface area contributed by atoms with Crippen LogP contribution in [0.1, 0.15) is 37.3 Å². The summed E-state index contributed by atoms with van der Waals surface area (Å²) in [7, 11) is 0. The largest absolute Gasteiger partial charge is 0.508 e. The van der Waals surface area contributed by atoms with E-state index in [-0.39, 0.29) is 0 Å². The monoisotopic (exact) mass is 178 g/mol. The predicted molar refractivity (Wildman–Crippen MR) is 56.1 cm³/mol. The van der Waals surface area contributed by atoms with E-state index in [1.165, 1.54) is 24.8 Å². The zero-order valence-corrected chi connectivity index (χ0v) is 8.51. The minimum absolute atomic E-state index is 0.395. The van der Waals surface area contributed by atoms with Crippen LogP contribution in [-0.4, -0.2) is 5.11 Å². The van der Waals surface area contributed by atoms with Gasteiger partial charge in [-0.2, -0.15) is 0 Å². The van der Waals surface area contributed by atoms with Crippen LogP contribution in [0.5, 0.6) is 5.75 Å². The maximum absolute atomic E-state index is 9.35. The Morgan fingerprint density at radius 1 is 1.15 bits per heavy atom. The van der Waals surface area contributed by atoms with Crippen LogP contribution < -0.4 is 0 Å². The fraction of sp³-hybridized carbons (Fsp3) is 0.500. The molecule has 0 aromatic heterocycles. The number of phenols is 1. The van der Waals surface area contributed by atoms with Crippen LogP contribution in [0.2, 0.25) is 0 Å². The van der Waals surface area contributed by atoms with Crippen LogP contribution in [0.25, 0.3) is 0 Å². The number of hydrogen-bond donors (Lipinski definition) is 1. The molecule has 0 unspecified atom stereocenters. The molecule has 0 atom stereocenters. The number of phenolic OH excluding ortho intramolecular Hbond substituents is 1. The summed E-state index contributed by atoms with van der Waals surface area (Å²) in [6, 6.07) is 5.81. The lowest BCUT2D eigenvalue weighted by Gasteiger charge is -2.03. The van der Waals surface area contributed by atoms with E-state index in [2.05, 4.69) is 13.0 Å². The molecule has 0 aliphatic carbocycles. The molecular formula is C12H18O. The first-order valence-electron chi connectivity index (χ1n) is 5.02. The van der Waals surface area contributed by atoms with E-state index in [1.54, 1.807) is 6.07 Å². The summed E-state index contributed by atoms with van der Waals surface area (Å²) in [5.41, 5.74) is 2.40. The van der Waals surface area contributed by atoms with E-state index < -0.39 is 0 Å². The van der Waals surface area contributed by atoms with Crippen LogP contribution in [0.15, 0.2) is 18.2 Å². The Balaban J connectivity index is 2.56. The van der Waals surface area contributed by atoms with Crippen molar-refractivity contribution in [1.29, 1.82) is 0 Å². The second-order valence-electron chi connectivity index (χ2n) is 3.63. The first-order valence-corrected chi connectivity index (χ1v) is 5.02. The molecule has 0 heterocycles. The predicted octanol–water partition coefficient (Wildman–Crippen LogP) is 3.43. The molecule has 1 aromatic rings. The zero-order chi connectivity index (χ0) is 9.68. The second kappa shape index (κ2) is 4.90. The molecule has 1 N–H and O–H groups in total. The van der Waals surface area contributed by atoms with Gasteiger partial charge in [-0.05, 0) is 43.0 Å². The Labute approximate surface area is 80.4 Å². The Kier molecular flexibility index (Phi) is 3.81. The highest BCUT2D eigenvalue weighted by molar-refractivity contribution is 5.32. The summed E-state index contributed by atoms with van der Waals surface area (Å²) in [6.07, 6.45) is 4.83. The molecule has 0 bridgehead atoms. The Morgan fingerprint density at radius 2 is 1.92 bits per heavy atom. The van der Waals surface area contributed by atoms with Gasteiger partial charge in [0.05, 0.1) is 0 Å². The maximum atomic E-state index is 9.35. The van der Waals surface area contributed by atoms with Gasteiger partial charge < -0.3 is 5.11 Å². The number of unbranched alkanes of at least 4 members (excludes halogenated alkanes) is 2. The molecule has 0 aliphatic rings. The third kappa shape index (κ3) is 3.49. The molecule has 0 fully saturated rings. The molecule has 1 rings (SSSR count). The molecule has 1 nitrogen and oxygen atoms in total. The average molecular weight is 178 g/mol. The quantitative estimate of drug-likeness (QED) is 0.700. The molecule has 72 valence electrons. The van der Waals surface area contributed by atoms with Crippen molar-refractivity contribution in [1.82, 2.24) is 0 Å². The van der Waals surface area contributed by atoms with E-state index in [0.29, 0.717) is 5.75 Å². The molecule has 13 heavy (non-hydrogen) atoms. The van der Waals surface area contributed by atoms with Crippen molar-refractivity contribution in [2.75, 3.05) is 0 Å². The third-order valence-electron chi connectivity index (χ3n) is 2.19. The average Bonchev–Trinajstić information content (AvgIpc) is 2.03. The molecular weight excluding hydrogens is 160 g/mol. The van der Waals surface area contributed by atoms with Gasteiger partial charge in [0.1, 0.15) is 5.75 Å². The fourth-order valence-electron chi connectivity index (χ4n) is 1.56. The lowest BCUT2D eigenvalue weighted by Crippen LogP contribution is -1.86. The molecule has 0 saturated carbocycles. The van der Waals surface area contributed by atoms with Gasteiger partial charge in [0, 0.05) is 0 Å². The maximum Gasteiger partial charge on any atom is 0.116 e. The summed E-state index contributed by atoms with van der Waals surface area (Å²) in [4.78, 5) is 0. The van der Waals surface area contributed by atoms with Crippen molar-refractivity contribution in [2.45, 2.75) is 39.5 Å². The van der Waals surface area contributed by atoms with Crippen LogP contribution in [-0.2, 0) is 6.42 Å². The highest BCUT2D eigenvalue weighted by Crippen LogP contribution is 2.16. The third-order valence-corrected chi connectivity index (χ3v) is 2.19. The minimum Gasteiger partial charge on any atom is -0.508 e. The Hall–Kier alpha value is -0.980. The first-order chi connectivity index (χ1) is 6.22. The van der Waals surface area contributed by atoms with Crippen LogP contribution in [0.3, 0.4) is 0 Å². The molecule has 0 radical (unpaired) electrons. The second-order valence-corrected chi connectivity index (χ2v) is 3.63. The molecule has 1 heteroatoms. The van der Waals surface area contributed by atoms with Gasteiger partial charge >= 0.3 is 0 Å². The topological polar surface area (TPSA) is 20.2 Å². The number of benzene rings is 1. The van der Waals surface area contributed by atoms with E-state index in [0.717, 1.165) is 12.0 Å². The van der Waals surface area contributed by atoms with Gasteiger partial charge in [-0.15, -0.1) is 0 Å². The highest BCUT2D eigenvalue weighted by Gasteiger charge is 1.96. The number of aryl methyl sites for hydroxylation is 2. The standard InChI is InChI=1S/C12H18O/c1-3-4-5-6-11-7-10(2)8-12(13)9-11/h7-9,13H,3-6H2,1-2H3. The van der Waals surface area contributed by atoms with Gasteiger partial charge in [-0.25, -0.2) is 0 Å². The van der Waals surface area contributed by atoms with Gasteiger partial charge in [0.25, 0.3) is 0 Å². The number of rotatable bonds is 4. The number of aromatic hydroxyl groups is 1. The van der Waals surface area contributed by atoms with E-state index in [4.69, 9.17) is 0 Å². The normalized spacial score (nSPS) is 10.3. The van der Waals surface area contributed by atoms with Crippen molar-refractivity contribution in [3.8, 4) is 5.75 Å². The van der Waals surface area contributed by atoms with Crippen LogP contribution in [0.4, 0.5) is 0 Å². The summed E-state index contributed by atoms with van der Waals surface area (Å²) < 4.78 is 0. The van der Waals surface area contributed by atoms with Gasteiger partial charge in [-0.1, -0.05) is 25.8 Å².